The number of anilines is 4. The largest absolute Gasteiger partial charge is 0.352 e. The monoisotopic (exact) mass is 246 g/mol. The number of rotatable bonds is 0. The summed E-state index contributed by atoms with van der Waals surface area (Å²) in [5.74, 6) is 0. The van der Waals surface area contributed by atoms with Gasteiger partial charge in [0.2, 0.25) is 0 Å². The van der Waals surface area contributed by atoms with E-state index in [1.54, 1.807) is 12.1 Å². The smallest absolute Gasteiger partial charge is 0.0992 e. The molecule has 90 valence electrons. The molecule has 0 radical (unpaired) electrons. The molecule has 19 heavy (non-hydrogen) atoms. The lowest BCUT2D eigenvalue weighted by molar-refractivity contribution is 1.18. The quantitative estimate of drug-likeness (QED) is 0.775. The zero-order valence-electron chi connectivity index (χ0n) is 10.3. The molecule has 0 fully saturated rings. The van der Waals surface area contributed by atoms with Gasteiger partial charge < -0.3 is 10.2 Å². The van der Waals surface area contributed by atoms with Gasteiger partial charge in [-0.2, -0.15) is 10.5 Å². The SMILES string of the molecule is CN1c2ccc(C#N)cc2Nc2ccc(C#N)cc21. The van der Waals surface area contributed by atoms with Crippen molar-refractivity contribution in [1.82, 2.24) is 0 Å². The first-order chi connectivity index (χ1) is 9.22. The van der Waals surface area contributed by atoms with E-state index in [2.05, 4.69) is 17.5 Å². The maximum atomic E-state index is 8.96. The van der Waals surface area contributed by atoms with Crippen LogP contribution in [0.5, 0.6) is 0 Å². The Morgan fingerprint density at radius 1 is 0.895 bits per heavy atom. The molecule has 0 unspecified atom stereocenters. The minimum Gasteiger partial charge on any atom is -0.352 e. The summed E-state index contributed by atoms with van der Waals surface area (Å²) in [5, 5.41) is 21.2. The molecular weight excluding hydrogens is 236 g/mol. The van der Waals surface area contributed by atoms with Crippen LogP contribution in [0.3, 0.4) is 0 Å². The van der Waals surface area contributed by atoms with Crippen molar-refractivity contribution in [3.8, 4) is 12.1 Å². The molecule has 1 heterocycles. The molecule has 4 heteroatoms. The third kappa shape index (κ3) is 1.67. The number of nitrogens with zero attached hydrogens (tertiary/aromatic N) is 3. The van der Waals surface area contributed by atoms with Gasteiger partial charge in [-0.05, 0) is 36.4 Å². The molecule has 2 aromatic carbocycles. The summed E-state index contributed by atoms with van der Waals surface area (Å²) in [6, 6.07) is 15.3. The van der Waals surface area contributed by atoms with Gasteiger partial charge in [0.1, 0.15) is 0 Å². The van der Waals surface area contributed by atoms with E-state index in [1.165, 1.54) is 0 Å². The third-order valence-electron chi connectivity index (χ3n) is 3.24. The van der Waals surface area contributed by atoms with Gasteiger partial charge in [0, 0.05) is 7.05 Å². The predicted molar refractivity (Wildman–Crippen MR) is 73.7 cm³/mol. The second kappa shape index (κ2) is 4.04. The summed E-state index contributed by atoms with van der Waals surface area (Å²) in [4.78, 5) is 2.02. The number of nitriles is 2. The second-order valence-corrected chi connectivity index (χ2v) is 4.37. The highest BCUT2D eigenvalue weighted by Crippen LogP contribution is 2.43. The van der Waals surface area contributed by atoms with Crippen LogP contribution in [0.25, 0.3) is 0 Å². The molecule has 0 aliphatic carbocycles. The molecule has 1 aliphatic rings. The summed E-state index contributed by atoms with van der Waals surface area (Å²) < 4.78 is 0. The first kappa shape index (κ1) is 11.1. The van der Waals surface area contributed by atoms with E-state index in [9.17, 15) is 0 Å². The summed E-state index contributed by atoms with van der Waals surface area (Å²) >= 11 is 0. The molecule has 0 amide bonds. The van der Waals surface area contributed by atoms with Crippen LogP contribution in [-0.2, 0) is 0 Å². The van der Waals surface area contributed by atoms with Crippen molar-refractivity contribution in [3.05, 3.63) is 47.5 Å². The molecule has 4 nitrogen and oxygen atoms in total. The summed E-state index contributed by atoms with van der Waals surface area (Å²) in [6.45, 7) is 0. The average molecular weight is 246 g/mol. The molecule has 0 bridgehead atoms. The van der Waals surface area contributed by atoms with Crippen LogP contribution in [0.4, 0.5) is 22.7 Å². The zero-order chi connectivity index (χ0) is 13.4. The lowest BCUT2D eigenvalue weighted by atomic mass is 10.1. The van der Waals surface area contributed by atoms with Crippen molar-refractivity contribution in [2.24, 2.45) is 0 Å². The molecule has 0 aromatic heterocycles. The molecular formula is C15H10N4. The number of hydrogen-bond acceptors (Lipinski definition) is 4. The fourth-order valence-corrected chi connectivity index (χ4v) is 2.26. The molecule has 0 saturated heterocycles. The molecule has 0 saturated carbocycles. The molecule has 1 N–H and O–H groups in total. The summed E-state index contributed by atoms with van der Waals surface area (Å²) in [7, 11) is 1.95. The van der Waals surface area contributed by atoms with Gasteiger partial charge in [-0.3, -0.25) is 0 Å². The van der Waals surface area contributed by atoms with Crippen LogP contribution in [0.15, 0.2) is 36.4 Å². The van der Waals surface area contributed by atoms with Crippen LogP contribution in [0.1, 0.15) is 11.1 Å². The predicted octanol–water partition coefficient (Wildman–Crippen LogP) is 3.25. The highest BCUT2D eigenvalue weighted by atomic mass is 15.2. The molecule has 1 aliphatic heterocycles. The maximum absolute atomic E-state index is 8.96. The van der Waals surface area contributed by atoms with E-state index in [0.29, 0.717) is 11.1 Å². The van der Waals surface area contributed by atoms with Gasteiger partial charge in [-0.15, -0.1) is 0 Å². The van der Waals surface area contributed by atoms with Gasteiger partial charge in [0.05, 0.1) is 46.0 Å². The van der Waals surface area contributed by atoms with E-state index in [1.807, 2.05) is 36.2 Å². The highest BCUT2D eigenvalue weighted by molar-refractivity contribution is 5.92. The van der Waals surface area contributed by atoms with Crippen LogP contribution in [-0.4, -0.2) is 7.05 Å². The van der Waals surface area contributed by atoms with Crippen molar-refractivity contribution in [3.63, 3.8) is 0 Å². The second-order valence-electron chi connectivity index (χ2n) is 4.37. The Hall–Kier alpha value is -2.98. The molecule has 3 rings (SSSR count). The maximum Gasteiger partial charge on any atom is 0.0992 e. The lowest BCUT2D eigenvalue weighted by Gasteiger charge is -2.31. The van der Waals surface area contributed by atoms with Gasteiger partial charge in [0.25, 0.3) is 0 Å². The van der Waals surface area contributed by atoms with E-state index < -0.39 is 0 Å². The van der Waals surface area contributed by atoms with Gasteiger partial charge in [-0.1, -0.05) is 0 Å². The number of fused-ring (bicyclic) bond motifs is 2. The Balaban J connectivity index is 2.15. The Morgan fingerprint density at radius 2 is 1.58 bits per heavy atom. The van der Waals surface area contributed by atoms with Crippen LogP contribution < -0.4 is 10.2 Å². The van der Waals surface area contributed by atoms with Crippen molar-refractivity contribution >= 4 is 22.7 Å². The van der Waals surface area contributed by atoms with Crippen molar-refractivity contribution in [1.29, 1.82) is 10.5 Å². The summed E-state index contributed by atoms with van der Waals surface area (Å²) in [6.07, 6.45) is 0. The summed E-state index contributed by atoms with van der Waals surface area (Å²) in [5.41, 5.74) is 5.03. The minimum atomic E-state index is 0.622. The topological polar surface area (TPSA) is 62.9 Å². The first-order valence-corrected chi connectivity index (χ1v) is 5.82. The zero-order valence-corrected chi connectivity index (χ0v) is 10.3. The number of nitrogens with one attached hydrogen (secondary N) is 1. The highest BCUT2D eigenvalue weighted by Gasteiger charge is 2.20. The number of hydrogen-bond donors (Lipinski definition) is 1. The molecule has 0 atom stereocenters. The fraction of sp³-hybridized carbons (Fsp3) is 0.0667. The molecule has 2 aromatic rings. The Bertz CT molecular complexity index is 750. The van der Waals surface area contributed by atoms with Gasteiger partial charge in [0.15, 0.2) is 0 Å². The van der Waals surface area contributed by atoms with Gasteiger partial charge >= 0.3 is 0 Å². The van der Waals surface area contributed by atoms with Crippen LogP contribution in [0, 0.1) is 22.7 Å². The van der Waals surface area contributed by atoms with Crippen LogP contribution in [0.2, 0.25) is 0 Å². The third-order valence-corrected chi connectivity index (χ3v) is 3.24. The Morgan fingerprint density at radius 3 is 2.32 bits per heavy atom. The molecule has 0 spiro atoms. The standard InChI is InChI=1S/C15H10N4/c1-19-14-5-3-10(8-16)6-13(14)18-12-4-2-11(9-17)7-15(12)19/h2-7,18H,1H3. The Labute approximate surface area is 111 Å². The Kier molecular flexibility index (Phi) is 2.37. The van der Waals surface area contributed by atoms with E-state index in [-0.39, 0.29) is 0 Å². The van der Waals surface area contributed by atoms with E-state index in [4.69, 9.17) is 10.5 Å². The first-order valence-electron chi connectivity index (χ1n) is 5.82. The number of benzene rings is 2. The lowest BCUT2D eigenvalue weighted by Crippen LogP contribution is -2.17. The minimum absolute atomic E-state index is 0.622. The fourth-order valence-electron chi connectivity index (χ4n) is 2.26. The van der Waals surface area contributed by atoms with E-state index >= 15 is 0 Å². The van der Waals surface area contributed by atoms with E-state index in [0.717, 1.165) is 22.7 Å². The normalized spacial score (nSPS) is 11.6. The van der Waals surface area contributed by atoms with Gasteiger partial charge in [-0.25, -0.2) is 0 Å². The average Bonchev–Trinajstić information content (AvgIpc) is 2.46. The van der Waals surface area contributed by atoms with Crippen molar-refractivity contribution in [2.45, 2.75) is 0 Å². The van der Waals surface area contributed by atoms with Crippen molar-refractivity contribution in [2.75, 3.05) is 17.3 Å². The van der Waals surface area contributed by atoms with Crippen molar-refractivity contribution < 1.29 is 0 Å². The van der Waals surface area contributed by atoms with Crippen LogP contribution >= 0.6 is 0 Å².